The fraction of sp³-hybridized carbons (Fsp3) is 0.556. The van der Waals surface area contributed by atoms with E-state index >= 15 is 0 Å². The monoisotopic (exact) mass is 229 g/mol. The highest BCUT2D eigenvalue weighted by Crippen LogP contribution is 2.29. The first-order valence-corrected chi connectivity index (χ1v) is 4.78. The third-order valence-corrected chi connectivity index (χ3v) is 2.46. The van der Waals surface area contributed by atoms with Gasteiger partial charge in [-0.25, -0.2) is 9.18 Å². The quantitative estimate of drug-likeness (QED) is 0.773. The van der Waals surface area contributed by atoms with Gasteiger partial charge < -0.3 is 9.84 Å². The lowest BCUT2D eigenvalue weighted by Gasteiger charge is -2.13. The van der Waals surface area contributed by atoms with Crippen LogP contribution in [-0.2, 0) is 9.84 Å². The number of hydrogen-bond acceptors (Lipinski definition) is 4. The van der Waals surface area contributed by atoms with Gasteiger partial charge in [-0.05, 0) is 0 Å². The summed E-state index contributed by atoms with van der Waals surface area (Å²) in [6.07, 6.45) is -1.88. The molecule has 0 bridgehead atoms. The zero-order valence-electron chi connectivity index (χ0n) is 8.25. The topological polar surface area (TPSA) is 84.3 Å². The molecule has 1 radical (unpaired) electrons. The second kappa shape index (κ2) is 4.18. The number of halogens is 1. The SMILES string of the molecule is [O]c1ccn(C2CC(F)C(CO)O2)c(=O)n1. The molecule has 2 rings (SSSR count). The number of ether oxygens (including phenoxy) is 1. The minimum Gasteiger partial charge on any atom is -0.394 e. The lowest BCUT2D eigenvalue weighted by molar-refractivity contribution is -0.0357. The summed E-state index contributed by atoms with van der Waals surface area (Å²) in [4.78, 5) is 14.5. The van der Waals surface area contributed by atoms with Gasteiger partial charge in [0.1, 0.15) is 18.5 Å². The summed E-state index contributed by atoms with van der Waals surface area (Å²) in [5.74, 6) is -0.644. The van der Waals surface area contributed by atoms with E-state index < -0.39 is 36.7 Å². The van der Waals surface area contributed by atoms with Gasteiger partial charge in [0.15, 0.2) is 0 Å². The lowest BCUT2D eigenvalue weighted by atomic mass is 10.2. The molecule has 0 spiro atoms. The van der Waals surface area contributed by atoms with Crippen LogP contribution in [0.15, 0.2) is 17.1 Å². The molecule has 0 aliphatic carbocycles. The number of nitrogens with zero attached hydrogens (tertiary/aromatic N) is 2. The van der Waals surface area contributed by atoms with E-state index in [0.717, 1.165) is 10.6 Å². The Balaban J connectivity index is 2.23. The molecular weight excluding hydrogens is 219 g/mol. The largest absolute Gasteiger partial charge is 0.394 e. The van der Waals surface area contributed by atoms with Crippen LogP contribution < -0.4 is 5.69 Å². The highest BCUT2D eigenvalue weighted by molar-refractivity contribution is 5.03. The second-order valence-corrected chi connectivity index (χ2v) is 3.52. The van der Waals surface area contributed by atoms with E-state index in [0.29, 0.717) is 0 Å². The molecule has 1 aromatic heterocycles. The Morgan fingerprint density at radius 2 is 2.44 bits per heavy atom. The van der Waals surface area contributed by atoms with Gasteiger partial charge >= 0.3 is 5.69 Å². The Morgan fingerprint density at radius 3 is 3.00 bits per heavy atom. The van der Waals surface area contributed by atoms with Crippen LogP contribution in [0.1, 0.15) is 12.6 Å². The first-order chi connectivity index (χ1) is 7.61. The zero-order valence-corrected chi connectivity index (χ0v) is 8.25. The maximum atomic E-state index is 13.3. The number of aromatic nitrogens is 2. The van der Waals surface area contributed by atoms with Crippen LogP contribution in [0.25, 0.3) is 0 Å². The van der Waals surface area contributed by atoms with Crippen LogP contribution in [0.2, 0.25) is 0 Å². The molecule has 1 N–H and O–H groups in total. The van der Waals surface area contributed by atoms with Crippen LogP contribution in [0.3, 0.4) is 0 Å². The number of hydrogen-bond donors (Lipinski definition) is 1. The molecule has 0 aromatic carbocycles. The molecule has 1 aromatic rings. The lowest BCUT2D eigenvalue weighted by Crippen LogP contribution is -2.26. The van der Waals surface area contributed by atoms with Crippen molar-refractivity contribution in [3.8, 4) is 5.88 Å². The zero-order chi connectivity index (χ0) is 11.7. The molecule has 3 unspecified atom stereocenters. The first-order valence-electron chi connectivity index (χ1n) is 4.78. The number of rotatable bonds is 2. The van der Waals surface area contributed by atoms with Crippen molar-refractivity contribution in [3.63, 3.8) is 0 Å². The highest BCUT2D eigenvalue weighted by atomic mass is 19.1. The smallest absolute Gasteiger partial charge is 0.353 e. The minimum absolute atomic E-state index is 0.0367. The van der Waals surface area contributed by atoms with E-state index in [1.807, 2.05) is 0 Å². The number of aliphatic hydroxyl groups excluding tert-OH is 1. The average Bonchev–Trinajstić information content (AvgIpc) is 2.59. The average molecular weight is 229 g/mol. The fourth-order valence-corrected chi connectivity index (χ4v) is 1.64. The molecule has 6 nitrogen and oxygen atoms in total. The molecule has 1 saturated heterocycles. The third kappa shape index (κ3) is 1.91. The maximum Gasteiger partial charge on any atom is 0.353 e. The van der Waals surface area contributed by atoms with Crippen LogP contribution in [0.5, 0.6) is 5.88 Å². The van der Waals surface area contributed by atoms with Gasteiger partial charge in [-0.1, -0.05) is 0 Å². The molecule has 7 heteroatoms. The summed E-state index contributed by atoms with van der Waals surface area (Å²) in [6, 6.07) is 1.10. The molecule has 1 aliphatic heterocycles. The van der Waals surface area contributed by atoms with E-state index in [2.05, 4.69) is 4.98 Å². The van der Waals surface area contributed by atoms with Gasteiger partial charge in [-0.2, -0.15) is 4.98 Å². The fourth-order valence-electron chi connectivity index (χ4n) is 1.64. The second-order valence-electron chi connectivity index (χ2n) is 3.52. The third-order valence-electron chi connectivity index (χ3n) is 2.46. The van der Waals surface area contributed by atoms with Crippen LogP contribution in [0.4, 0.5) is 4.39 Å². The molecule has 0 saturated carbocycles. The number of aliphatic hydroxyl groups is 1. The predicted octanol–water partition coefficient (Wildman–Crippen LogP) is 0.00500. The summed E-state index contributed by atoms with van der Waals surface area (Å²) >= 11 is 0. The summed E-state index contributed by atoms with van der Waals surface area (Å²) < 4.78 is 19.4. The van der Waals surface area contributed by atoms with Crippen molar-refractivity contribution in [3.05, 3.63) is 22.7 Å². The van der Waals surface area contributed by atoms with E-state index in [1.165, 1.54) is 6.20 Å². The summed E-state index contributed by atoms with van der Waals surface area (Å²) in [5, 5.41) is 19.6. The van der Waals surface area contributed by atoms with Crippen molar-refractivity contribution in [2.24, 2.45) is 0 Å². The summed E-state index contributed by atoms with van der Waals surface area (Å²) in [7, 11) is 0. The van der Waals surface area contributed by atoms with Gasteiger partial charge in [0.05, 0.1) is 6.61 Å². The Hall–Kier alpha value is -1.47. The van der Waals surface area contributed by atoms with Crippen molar-refractivity contribution in [2.45, 2.75) is 24.9 Å². The molecule has 3 atom stereocenters. The molecule has 1 aliphatic rings. The van der Waals surface area contributed by atoms with E-state index in [4.69, 9.17) is 9.84 Å². The first kappa shape index (κ1) is 11.0. The highest BCUT2D eigenvalue weighted by Gasteiger charge is 2.36. The van der Waals surface area contributed by atoms with Gasteiger partial charge in [0.25, 0.3) is 5.88 Å². The summed E-state index contributed by atoms with van der Waals surface area (Å²) in [6.45, 7) is -0.445. The Bertz CT molecular complexity index is 436. The van der Waals surface area contributed by atoms with Crippen molar-refractivity contribution in [2.75, 3.05) is 6.61 Å². The van der Waals surface area contributed by atoms with Crippen LogP contribution in [0, 0.1) is 0 Å². The Labute approximate surface area is 89.9 Å². The minimum atomic E-state index is -1.33. The molecular formula is C9H10FN2O4. The Kier molecular flexibility index (Phi) is 2.88. The van der Waals surface area contributed by atoms with Gasteiger partial charge in [0, 0.05) is 18.7 Å². The Morgan fingerprint density at radius 1 is 1.69 bits per heavy atom. The van der Waals surface area contributed by atoms with Crippen molar-refractivity contribution in [1.29, 1.82) is 0 Å². The molecule has 2 heterocycles. The predicted molar refractivity (Wildman–Crippen MR) is 49.1 cm³/mol. The van der Waals surface area contributed by atoms with E-state index in [-0.39, 0.29) is 6.42 Å². The summed E-state index contributed by atoms with van der Waals surface area (Å²) in [5.41, 5.74) is -0.775. The maximum absolute atomic E-state index is 13.3. The molecule has 1 fully saturated rings. The van der Waals surface area contributed by atoms with Crippen LogP contribution >= 0.6 is 0 Å². The van der Waals surface area contributed by atoms with E-state index in [1.54, 1.807) is 0 Å². The van der Waals surface area contributed by atoms with Crippen molar-refractivity contribution < 1.29 is 19.3 Å². The normalized spacial score (nSPS) is 29.5. The standard InChI is InChI=1S/C9H10FN2O4/c10-5-3-8(16-6(5)4-13)12-2-1-7(14)11-9(12)15/h1-2,5-6,8,13H,3-4H2. The van der Waals surface area contributed by atoms with Crippen LogP contribution in [-0.4, -0.2) is 33.5 Å². The van der Waals surface area contributed by atoms with Gasteiger partial charge in [-0.3, -0.25) is 9.67 Å². The number of alkyl halides is 1. The molecule has 87 valence electrons. The molecule has 0 amide bonds. The molecule has 16 heavy (non-hydrogen) atoms. The van der Waals surface area contributed by atoms with Gasteiger partial charge in [-0.15, -0.1) is 0 Å². The van der Waals surface area contributed by atoms with E-state index in [9.17, 15) is 14.3 Å². The van der Waals surface area contributed by atoms with Crippen molar-refractivity contribution >= 4 is 0 Å². The van der Waals surface area contributed by atoms with Crippen molar-refractivity contribution in [1.82, 2.24) is 9.55 Å². The van der Waals surface area contributed by atoms with Gasteiger partial charge in [0.2, 0.25) is 0 Å².